The number of benzene rings is 3. The van der Waals surface area contributed by atoms with Crippen molar-refractivity contribution in [1.82, 2.24) is 0 Å². The van der Waals surface area contributed by atoms with Crippen LogP contribution in [-0.2, 0) is 0 Å². The Morgan fingerprint density at radius 2 is 1.63 bits per heavy atom. The summed E-state index contributed by atoms with van der Waals surface area (Å²) in [5.74, 6) is 0.839. The van der Waals surface area contributed by atoms with Crippen molar-refractivity contribution in [2.45, 2.75) is 34.6 Å². The number of hydrogen-bond acceptors (Lipinski definition) is 3. The van der Waals surface area contributed by atoms with E-state index in [2.05, 4.69) is 58.0 Å². The van der Waals surface area contributed by atoms with E-state index >= 15 is 0 Å². The van der Waals surface area contributed by atoms with Crippen LogP contribution in [0.4, 0.5) is 0 Å². The number of thiophene rings is 1. The van der Waals surface area contributed by atoms with E-state index in [1.165, 1.54) is 22.3 Å². The van der Waals surface area contributed by atoms with Crippen molar-refractivity contribution in [3.8, 4) is 16.2 Å². The van der Waals surface area contributed by atoms with Gasteiger partial charge in [-0.25, -0.2) is 0 Å². The molecule has 0 radical (unpaired) electrons. The zero-order valence-corrected chi connectivity index (χ0v) is 18.9. The third-order valence-electron chi connectivity index (χ3n) is 5.80. The Kier molecular flexibility index (Phi) is 5.48. The van der Waals surface area contributed by atoms with Gasteiger partial charge < -0.3 is 4.74 Å². The Morgan fingerprint density at radius 1 is 0.900 bits per heavy atom. The summed E-state index contributed by atoms with van der Waals surface area (Å²) in [5, 5.41) is 1.03. The van der Waals surface area contributed by atoms with Crippen molar-refractivity contribution >= 4 is 27.2 Å². The van der Waals surface area contributed by atoms with Crippen molar-refractivity contribution < 1.29 is 9.53 Å². The van der Waals surface area contributed by atoms with E-state index in [0.717, 1.165) is 31.8 Å². The Bertz CT molecular complexity index is 1250. The summed E-state index contributed by atoms with van der Waals surface area (Å²) in [5.41, 5.74) is 7.61. The van der Waals surface area contributed by atoms with E-state index in [-0.39, 0.29) is 5.78 Å². The Balaban J connectivity index is 1.93. The predicted octanol–water partition coefficient (Wildman–Crippen LogP) is 7.43. The first-order valence-corrected chi connectivity index (χ1v) is 11.1. The van der Waals surface area contributed by atoms with Crippen LogP contribution in [0.1, 0.15) is 45.1 Å². The van der Waals surface area contributed by atoms with Gasteiger partial charge in [-0.15, -0.1) is 11.3 Å². The lowest BCUT2D eigenvalue weighted by Crippen LogP contribution is -2.03. The van der Waals surface area contributed by atoms with Gasteiger partial charge in [-0.05, 0) is 92.8 Å². The molecule has 4 aromatic rings. The van der Waals surface area contributed by atoms with E-state index in [4.69, 9.17) is 4.74 Å². The van der Waals surface area contributed by atoms with Gasteiger partial charge in [0.2, 0.25) is 0 Å². The number of aryl methyl sites for hydroxylation is 2. The summed E-state index contributed by atoms with van der Waals surface area (Å²) < 4.78 is 6.69. The predicted molar refractivity (Wildman–Crippen MR) is 127 cm³/mol. The molecule has 0 amide bonds. The minimum Gasteiger partial charge on any atom is -0.494 e. The number of fused-ring (bicyclic) bond motifs is 1. The first-order chi connectivity index (χ1) is 14.4. The zero-order chi connectivity index (χ0) is 21.4. The molecule has 3 aromatic carbocycles. The van der Waals surface area contributed by atoms with Crippen LogP contribution in [0.5, 0.6) is 5.75 Å². The molecule has 0 saturated carbocycles. The van der Waals surface area contributed by atoms with Gasteiger partial charge in [0.05, 0.1) is 6.61 Å². The maximum Gasteiger partial charge on any atom is 0.195 e. The molecule has 1 aromatic heterocycles. The van der Waals surface area contributed by atoms with Crippen LogP contribution >= 0.6 is 11.3 Å². The average molecular weight is 415 g/mol. The number of carbonyl (C=O) groups excluding carboxylic acids is 1. The van der Waals surface area contributed by atoms with Gasteiger partial charge in [-0.2, -0.15) is 0 Å². The van der Waals surface area contributed by atoms with Crippen molar-refractivity contribution in [3.63, 3.8) is 0 Å². The summed E-state index contributed by atoms with van der Waals surface area (Å²) in [7, 11) is 0. The molecule has 0 aliphatic carbocycles. The first-order valence-electron chi connectivity index (χ1n) is 10.3. The fraction of sp³-hybridized carbons (Fsp3) is 0.222. The lowest BCUT2D eigenvalue weighted by atomic mass is 9.93. The Labute approximate surface area is 182 Å². The summed E-state index contributed by atoms with van der Waals surface area (Å²) >= 11 is 1.71. The number of carbonyl (C=O) groups is 1. The summed E-state index contributed by atoms with van der Waals surface area (Å²) in [6.45, 7) is 11.1. The fourth-order valence-corrected chi connectivity index (χ4v) is 5.22. The Hall–Kier alpha value is -2.91. The van der Waals surface area contributed by atoms with Crippen LogP contribution in [0.25, 0.3) is 20.5 Å². The molecule has 0 saturated heterocycles. The van der Waals surface area contributed by atoms with Gasteiger partial charge in [-0.3, -0.25) is 4.79 Å². The number of ketones is 1. The van der Waals surface area contributed by atoms with Crippen LogP contribution < -0.4 is 4.74 Å². The lowest BCUT2D eigenvalue weighted by Gasteiger charge is -2.12. The monoisotopic (exact) mass is 414 g/mol. The summed E-state index contributed by atoms with van der Waals surface area (Å²) in [4.78, 5) is 14.7. The second kappa shape index (κ2) is 8.08. The molecule has 1 heterocycles. The maximum atomic E-state index is 13.7. The van der Waals surface area contributed by atoms with Crippen molar-refractivity contribution in [1.29, 1.82) is 0 Å². The third-order valence-corrected chi connectivity index (χ3v) is 6.99. The molecule has 152 valence electrons. The van der Waals surface area contributed by atoms with Crippen LogP contribution in [0.15, 0.2) is 54.6 Å². The summed E-state index contributed by atoms with van der Waals surface area (Å²) in [6.07, 6.45) is 0. The highest BCUT2D eigenvalue weighted by Gasteiger charge is 2.23. The summed E-state index contributed by atoms with van der Waals surface area (Å²) in [6, 6.07) is 18.1. The highest BCUT2D eigenvalue weighted by Crippen LogP contribution is 2.42. The standard InChI is InChI=1S/C27H26O2S/c1-6-29-21-11-9-20(10-12-21)26(28)25-23-13-7-16(2)15-24(23)30-27(25)22-14-8-17(3)18(4)19(22)5/h7-15H,6H2,1-5H3. The van der Waals surface area contributed by atoms with Gasteiger partial charge in [-0.1, -0.05) is 24.3 Å². The third kappa shape index (κ3) is 3.54. The Morgan fingerprint density at radius 3 is 2.33 bits per heavy atom. The first kappa shape index (κ1) is 20.4. The zero-order valence-electron chi connectivity index (χ0n) is 18.1. The fourth-order valence-electron chi connectivity index (χ4n) is 3.83. The molecule has 0 aliphatic heterocycles. The second-order valence-electron chi connectivity index (χ2n) is 7.77. The van der Waals surface area contributed by atoms with Gasteiger partial charge in [0.1, 0.15) is 5.75 Å². The number of rotatable bonds is 5. The van der Waals surface area contributed by atoms with E-state index in [0.29, 0.717) is 12.2 Å². The number of ether oxygens (including phenoxy) is 1. The molecule has 2 nitrogen and oxygen atoms in total. The van der Waals surface area contributed by atoms with Crippen molar-refractivity contribution in [3.05, 3.63) is 88.0 Å². The largest absolute Gasteiger partial charge is 0.494 e. The lowest BCUT2D eigenvalue weighted by molar-refractivity contribution is 0.104. The second-order valence-corrected chi connectivity index (χ2v) is 8.82. The highest BCUT2D eigenvalue weighted by atomic mass is 32.1. The van der Waals surface area contributed by atoms with Gasteiger partial charge >= 0.3 is 0 Å². The molecule has 0 aliphatic rings. The van der Waals surface area contributed by atoms with Gasteiger partial charge in [0.25, 0.3) is 0 Å². The van der Waals surface area contributed by atoms with Gasteiger partial charge in [0.15, 0.2) is 5.78 Å². The van der Waals surface area contributed by atoms with Crippen LogP contribution in [0.2, 0.25) is 0 Å². The van der Waals surface area contributed by atoms with Crippen molar-refractivity contribution in [2.75, 3.05) is 6.61 Å². The molecule has 30 heavy (non-hydrogen) atoms. The smallest absolute Gasteiger partial charge is 0.195 e. The van der Waals surface area contributed by atoms with E-state index < -0.39 is 0 Å². The molecule has 0 bridgehead atoms. The molecule has 0 spiro atoms. The highest BCUT2D eigenvalue weighted by molar-refractivity contribution is 7.22. The van der Waals surface area contributed by atoms with Crippen LogP contribution in [-0.4, -0.2) is 12.4 Å². The van der Waals surface area contributed by atoms with Crippen molar-refractivity contribution in [2.24, 2.45) is 0 Å². The molecular weight excluding hydrogens is 388 g/mol. The quantitative estimate of drug-likeness (QED) is 0.317. The molecule has 4 rings (SSSR count). The average Bonchev–Trinajstić information content (AvgIpc) is 3.10. The van der Waals surface area contributed by atoms with Gasteiger partial charge in [0, 0.05) is 26.1 Å². The minimum atomic E-state index is 0.0563. The maximum absolute atomic E-state index is 13.7. The molecular formula is C27H26O2S. The topological polar surface area (TPSA) is 26.3 Å². The van der Waals surface area contributed by atoms with Crippen LogP contribution in [0, 0.1) is 27.7 Å². The van der Waals surface area contributed by atoms with Crippen LogP contribution in [0.3, 0.4) is 0 Å². The molecule has 0 unspecified atom stereocenters. The SMILES string of the molecule is CCOc1ccc(C(=O)c2c(-c3ccc(C)c(C)c3C)sc3cc(C)ccc23)cc1. The van der Waals surface area contributed by atoms with E-state index in [1.54, 1.807) is 11.3 Å². The normalized spacial score (nSPS) is 11.1. The molecule has 0 N–H and O–H groups in total. The number of hydrogen-bond donors (Lipinski definition) is 0. The molecule has 0 fully saturated rings. The molecule has 3 heteroatoms. The molecule has 0 atom stereocenters. The van der Waals surface area contributed by atoms with E-state index in [9.17, 15) is 4.79 Å². The van der Waals surface area contributed by atoms with E-state index in [1.807, 2.05) is 31.2 Å². The minimum absolute atomic E-state index is 0.0563.